The first-order valence-electron chi connectivity index (χ1n) is 1.26. The predicted octanol–water partition coefficient (Wildman–Crippen LogP) is -0.111. The van der Waals surface area contributed by atoms with E-state index in [4.69, 9.17) is 5.41 Å². The smallest absolute Gasteiger partial charge is 0.390 e. The van der Waals surface area contributed by atoms with Gasteiger partial charge in [-0.05, 0) is 0 Å². The highest BCUT2D eigenvalue weighted by atomic mass is 19.2. The molecule has 0 aromatic carbocycles. The van der Waals surface area contributed by atoms with Gasteiger partial charge in [-0.1, -0.05) is 0 Å². The van der Waals surface area contributed by atoms with Gasteiger partial charge in [-0.3, -0.25) is 14.0 Å². The van der Waals surface area contributed by atoms with Gasteiger partial charge < -0.3 is 5.73 Å². The Morgan fingerprint density at radius 2 is 1.83 bits per heavy atom. The minimum atomic E-state index is -2.79. The van der Waals surface area contributed by atoms with Crippen LogP contribution in [0.3, 0.4) is 0 Å². The Balaban J connectivity index is 3.26. The van der Waals surface area contributed by atoms with Gasteiger partial charge in [-0.15, -0.1) is 0 Å². The van der Waals surface area contributed by atoms with E-state index < -0.39 is 13.0 Å². The second kappa shape index (κ2) is 1.74. The number of nitrogens with one attached hydrogen (secondary N) is 1. The summed E-state index contributed by atoms with van der Waals surface area (Å²) < 4.78 is 21.6. The average molecular weight is 91.9 g/mol. The summed E-state index contributed by atoms with van der Waals surface area (Å²) in [4.78, 5) is 0. The largest absolute Gasteiger partial charge is 0.607 e. The van der Waals surface area contributed by atoms with Gasteiger partial charge in [-0.25, -0.2) is 0 Å². The van der Waals surface area contributed by atoms with Gasteiger partial charge in [0.25, 0.3) is 0 Å². The van der Waals surface area contributed by atoms with Gasteiger partial charge in [0.05, 0.1) is 0 Å². The molecule has 0 radical (unpaired) electrons. The highest BCUT2D eigenvalue weighted by Crippen LogP contribution is 1.79. The van der Waals surface area contributed by atoms with E-state index in [1.54, 1.807) is 0 Å². The SMILES string of the molecule is N=C(N)B(F)F. The first kappa shape index (κ1) is 5.39. The standard InChI is InChI=1S/CH3BF2N2/c3-2(4)1(5)6/h(H3,5,6). The van der Waals surface area contributed by atoms with Crippen molar-refractivity contribution >= 4 is 13.0 Å². The molecule has 3 N–H and O–H groups in total. The van der Waals surface area contributed by atoms with Crippen LogP contribution in [0.4, 0.5) is 8.63 Å². The minimum Gasteiger partial charge on any atom is -0.390 e. The van der Waals surface area contributed by atoms with E-state index in [2.05, 4.69) is 5.73 Å². The zero-order valence-corrected chi connectivity index (χ0v) is 2.91. The van der Waals surface area contributed by atoms with Crippen molar-refractivity contribution in [3.05, 3.63) is 0 Å². The lowest BCUT2D eigenvalue weighted by atomic mass is 9.99. The Morgan fingerprint density at radius 1 is 1.67 bits per heavy atom. The van der Waals surface area contributed by atoms with Gasteiger partial charge in [-0.2, -0.15) is 0 Å². The number of nitrogens with two attached hydrogens (primary N) is 1. The third kappa shape index (κ3) is 1.69. The van der Waals surface area contributed by atoms with Crippen LogP contribution in [-0.2, 0) is 0 Å². The third-order valence-corrected chi connectivity index (χ3v) is 0.235. The summed E-state index contributed by atoms with van der Waals surface area (Å²) in [5.74, 6) is 0. The molecule has 0 amide bonds. The van der Waals surface area contributed by atoms with Crippen LogP contribution in [-0.4, -0.2) is 13.0 Å². The molecule has 0 unspecified atom stereocenters. The molecule has 0 bridgehead atoms. The maximum absolute atomic E-state index is 10.8. The second-order valence-corrected chi connectivity index (χ2v) is 0.756. The van der Waals surface area contributed by atoms with Crippen molar-refractivity contribution in [3.63, 3.8) is 0 Å². The van der Waals surface area contributed by atoms with Crippen LogP contribution in [0.15, 0.2) is 0 Å². The number of hydrogen-bond donors (Lipinski definition) is 2. The Hall–Kier alpha value is -0.605. The molecule has 0 saturated carbocycles. The van der Waals surface area contributed by atoms with Crippen molar-refractivity contribution in [2.75, 3.05) is 0 Å². The molecule has 0 fully saturated rings. The van der Waals surface area contributed by atoms with Gasteiger partial charge in [0.2, 0.25) is 0 Å². The molecule has 34 valence electrons. The minimum absolute atomic E-state index is 1.07. The topological polar surface area (TPSA) is 49.9 Å². The molecule has 2 nitrogen and oxygen atoms in total. The summed E-state index contributed by atoms with van der Waals surface area (Å²) in [7, 11) is -2.79. The summed E-state index contributed by atoms with van der Waals surface area (Å²) in [6.45, 7) is 0. The first-order valence-corrected chi connectivity index (χ1v) is 1.26. The fraction of sp³-hybridized carbons (Fsp3) is 0. The molecule has 0 aliphatic carbocycles. The van der Waals surface area contributed by atoms with E-state index in [0.29, 0.717) is 0 Å². The zero-order chi connectivity index (χ0) is 5.15. The predicted molar refractivity (Wildman–Crippen MR) is 19.9 cm³/mol. The lowest BCUT2D eigenvalue weighted by Crippen LogP contribution is -2.23. The summed E-state index contributed by atoms with van der Waals surface area (Å²) >= 11 is 0. The average Bonchev–Trinajstić information content (AvgIpc) is 1.36. The summed E-state index contributed by atoms with van der Waals surface area (Å²) in [5, 5.41) is 5.98. The number of hydrogen-bond acceptors (Lipinski definition) is 1. The van der Waals surface area contributed by atoms with Crippen LogP contribution in [0, 0.1) is 5.41 Å². The van der Waals surface area contributed by atoms with Crippen molar-refractivity contribution in [3.8, 4) is 0 Å². The molecule has 0 aromatic heterocycles. The maximum atomic E-state index is 10.8. The Kier molecular flexibility index (Phi) is 1.56. The lowest BCUT2D eigenvalue weighted by molar-refractivity contribution is 0.688. The Labute approximate surface area is 34.0 Å². The van der Waals surface area contributed by atoms with E-state index in [9.17, 15) is 8.63 Å². The van der Waals surface area contributed by atoms with Crippen molar-refractivity contribution < 1.29 is 8.63 Å². The van der Waals surface area contributed by atoms with Crippen LogP contribution in [0.1, 0.15) is 0 Å². The third-order valence-electron chi connectivity index (χ3n) is 0.235. The fourth-order valence-electron chi connectivity index (χ4n) is 0. The summed E-state index contributed by atoms with van der Waals surface area (Å²) in [5.41, 5.74) is 3.19. The molecule has 0 aliphatic heterocycles. The van der Waals surface area contributed by atoms with E-state index in [1.807, 2.05) is 0 Å². The van der Waals surface area contributed by atoms with Crippen LogP contribution >= 0.6 is 0 Å². The first-order chi connectivity index (χ1) is 2.64. The fourth-order valence-corrected chi connectivity index (χ4v) is 0. The van der Waals surface area contributed by atoms with E-state index in [-0.39, 0.29) is 0 Å². The van der Waals surface area contributed by atoms with Gasteiger partial charge in [0.15, 0.2) is 0 Å². The number of amidine groups is 1. The summed E-state index contributed by atoms with van der Waals surface area (Å²) in [6, 6.07) is 0. The van der Waals surface area contributed by atoms with Crippen LogP contribution in [0.5, 0.6) is 0 Å². The molecule has 0 saturated heterocycles. The quantitative estimate of drug-likeness (QED) is 0.264. The zero-order valence-electron chi connectivity index (χ0n) is 2.91. The normalized spacial score (nSPS) is 7.67. The number of halogens is 2. The molecule has 0 heterocycles. The Morgan fingerprint density at radius 3 is 1.83 bits per heavy atom. The monoisotopic (exact) mass is 92.0 g/mol. The van der Waals surface area contributed by atoms with Crippen molar-refractivity contribution in [1.82, 2.24) is 0 Å². The van der Waals surface area contributed by atoms with Gasteiger partial charge >= 0.3 is 7.27 Å². The van der Waals surface area contributed by atoms with Crippen molar-refractivity contribution in [2.45, 2.75) is 0 Å². The van der Waals surface area contributed by atoms with E-state index >= 15 is 0 Å². The van der Waals surface area contributed by atoms with Gasteiger partial charge in [0.1, 0.15) is 5.73 Å². The molecule has 0 rings (SSSR count). The molecule has 6 heavy (non-hydrogen) atoms. The second-order valence-electron chi connectivity index (χ2n) is 0.756. The lowest BCUT2D eigenvalue weighted by Gasteiger charge is -1.81. The maximum Gasteiger partial charge on any atom is 0.607 e. The van der Waals surface area contributed by atoms with Crippen molar-refractivity contribution in [1.29, 1.82) is 5.41 Å². The van der Waals surface area contributed by atoms with Crippen molar-refractivity contribution in [2.24, 2.45) is 5.73 Å². The molecular weight excluding hydrogens is 88.8 g/mol. The van der Waals surface area contributed by atoms with E-state index in [0.717, 1.165) is 0 Å². The molecular formula is CH3BF2N2. The summed E-state index contributed by atoms with van der Waals surface area (Å²) in [6.07, 6.45) is 0. The molecule has 5 heteroatoms. The molecule has 0 aliphatic rings. The molecule has 0 spiro atoms. The van der Waals surface area contributed by atoms with Crippen LogP contribution in [0.2, 0.25) is 0 Å². The highest BCUT2D eigenvalue weighted by Gasteiger charge is 2.14. The molecule has 0 aromatic rings. The molecule has 0 atom stereocenters. The van der Waals surface area contributed by atoms with Gasteiger partial charge in [0, 0.05) is 0 Å². The highest BCUT2D eigenvalue weighted by molar-refractivity contribution is 6.79. The van der Waals surface area contributed by atoms with Crippen LogP contribution < -0.4 is 5.73 Å². The number of rotatable bonds is 1. The van der Waals surface area contributed by atoms with Crippen LogP contribution in [0.25, 0.3) is 0 Å². The Bertz CT molecular complexity index is 62.6. The van der Waals surface area contributed by atoms with E-state index in [1.165, 1.54) is 0 Å².